The Morgan fingerprint density at radius 3 is 2.85 bits per heavy atom. The third kappa shape index (κ3) is 7.77. The van der Waals surface area contributed by atoms with E-state index in [9.17, 15) is 4.79 Å². The molecule has 148 valence electrons. The topological polar surface area (TPSA) is 50.4 Å². The van der Waals surface area contributed by atoms with Crippen LogP contribution in [0.4, 0.5) is 0 Å². The number of ether oxygens (including phenoxy) is 1. The van der Waals surface area contributed by atoms with Gasteiger partial charge in [-0.2, -0.15) is 0 Å². The smallest absolute Gasteiger partial charge is 0.220 e. The van der Waals surface area contributed by atoms with E-state index in [4.69, 9.17) is 4.74 Å². The second-order valence-corrected chi connectivity index (χ2v) is 8.22. The number of benzene rings is 1. The van der Waals surface area contributed by atoms with Gasteiger partial charge in [-0.3, -0.25) is 4.79 Å². The molecule has 2 N–H and O–H groups in total. The lowest BCUT2D eigenvalue weighted by molar-refractivity contribution is -0.122. The molecule has 0 radical (unpaired) electrons. The third-order valence-electron chi connectivity index (χ3n) is 4.89. The Morgan fingerprint density at radius 1 is 1.38 bits per heavy atom. The van der Waals surface area contributed by atoms with Gasteiger partial charge in [-0.25, -0.2) is 0 Å². The molecule has 4 nitrogen and oxygen atoms in total. The van der Waals surface area contributed by atoms with Crippen molar-refractivity contribution in [2.24, 2.45) is 17.8 Å². The van der Waals surface area contributed by atoms with Gasteiger partial charge in [-0.05, 0) is 55.8 Å². The van der Waals surface area contributed by atoms with Gasteiger partial charge in [0.15, 0.2) is 0 Å². The quantitative estimate of drug-likeness (QED) is 0.615. The number of hydrogen-bond donors (Lipinski definition) is 2. The average Bonchev–Trinajstić information content (AvgIpc) is 2.65. The molecule has 3 unspecified atom stereocenters. The summed E-state index contributed by atoms with van der Waals surface area (Å²) in [4.78, 5) is 13.4. The molecule has 1 amide bonds. The largest absolute Gasteiger partial charge is 0.496 e. The molecule has 6 heteroatoms. The molecule has 1 aromatic rings. The van der Waals surface area contributed by atoms with E-state index in [0.29, 0.717) is 24.2 Å². The number of halogens is 1. The number of nitrogens with one attached hydrogen (secondary N) is 2. The molecule has 1 saturated heterocycles. The molecular formula is C20H33ClN2O2S. The molecule has 0 spiro atoms. The average molecular weight is 401 g/mol. The number of carbonyl (C=O) groups excluding carboxylic acids is 1. The van der Waals surface area contributed by atoms with Gasteiger partial charge in [-0.15, -0.1) is 24.2 Å². The van der Waals surface area contributed by atoms with Crippen molar-refractivity contribution in [3.63, 3.8) is 0 Å². The second-order valence-electron chi connectivity index (χ2n) is 7.16. The highest BCUT2D eigenvalue weighted by molar-refractivity contribution is 7.99. The Balaban J connectivity index is 0.00000338. The van der Waals surface area contributed by atoms with Crippen molar-refractivity contribution in [3.8, 4) is 5.75 Å². The zero-order chi connectivity index (χ0) is 18.1. The van der Waals surface area contributed by atoms with Crippen molar-refractivity contribution in [1.29, 1.82) is 0 Å². The maximum atomic E-state index is 12.2. The second kappa shape index (κ2) is 12.5. The number of para-hydroxylation sites is 1. The first kappa shape index (κ1) is 23.1. The van der Waals surface area contributed by atoms with Crippen LogP contribution in [0.5, 0.6) is 5.75 Å². The van der Waals surface area contributed by atoms with Crippen LogP contribution in [0.3, 0.4) is 0 Å². The standard InChI is InChI=1S/C20H32N2O2S.ClH/c1-15(14-25-19-9-5-4-8-18(19)24-3)12-22-20(23)11-16(2)17-7-6-10-21-13-17;/h4-5,8-9,15-17,21H,6-7,10-14H2,1-3H3,(H,22,23);1H. The molecule has 1 fully saturated rings. The minimum Gasteiger partial charge on any atom is -0.496 e. The zero-order valence-corrected chi connectivity index (χ0v) is 17.8. The van der Waals surface area contributed by atoms with E-state index in [0.717, 1.165) is 36.0 Å². The minimum atomic E-state index is 0. The van der Waals surface area contributed by atoms with Crippen molar-refractivity contribution >= 4 is 30.1 Å². The normalized spacial score (nSPS) is 19.1. The van der Waals surface area contributed by atoms with Crippen LogP contribution < -0.4 is 15.4 Å². The van der Waals surface area contributed by atoms with Gasteiger partial charge in [-0.1, -0.05) is 26.0 Å². The van der Waals surface area contributed by atoms with Crippen molar-refractivity contribution < 1.29 is 9.53 Å². The summed E-state index contributed by atoms with van der Waals surface area (Å²) in [6.07, 6.45) is 3.11. The van der Waals surface area contributed by atoms with Gasteiger partial charge >= 0.3 is 0 Å². The maximum Gasteiger partial charge on any atom is 0.220 e. The molecule has 1 aliphatic rings. The first-order valence-electron chi connectivity index (χ1n) is 9.33. The van der Waals surface area contributed by atoms with E-state index in [1.165, 1.54) is 12.8 Å². The Labute approximate surface area is 168 Å². The van der Waals surface area contributed by atoms with Crippen molar-refractivity contribution in [2.45, 2.75) is 38.0 Å². The van der Waals surface area contributed by atoms with E-state index in [-0.39, 0.29) is 18.3 Å². The summed E-state index contributed by atoms with van der Waals surface area (Å²) < 4.78 is 5.38. The van der Waals surface area contributed by atoms with Gasteiger partial charge in [0.05, 0.1) is 7.11 Å². The highest BCUT2D eigenvalue weighted by Gasteiger charge is 2.22. The summed E-state index contributed by atoms with van der Waals surface area (Å²) >= 11 is 1.78. The number of rotatable bonds is 9. The van der Waals surface area contributed by atoms with Crippen LogP contribution in [-0.4, -0.2) is 38.4 Å². The summed E-state index contributed by atoms with van der Waals surface area (Å²) in [5.41, 5.74) is 0. The first-order valence-corrected chi connectivity index (χ1v) is 10.3. The van der Waals surface area contributed by atoms with Gasteiger partial charge in [0, 0.05) is 23.6 Å². The fraction of sp³-hybridized carbons (Fsp3) is 0.650. The lowest BCUT2D eigenvalue weighted by Crippen LogP contribution is -2.36. The number of thioether (sulfide) groups is 1. The van der Waals surface area contributed by atoms with Crippen LogP contribution in [0.2, 0.25) is 0 Å². The molecule has 0 bridgehead atoms. The van der Waals surface area contributed by atoms with E-state index in [2.05, 4.69) is 30.5 Å². The molecule has 1 heterocycles. The predicted octanol–water partition coefficient (Wildman–Crippen LogP) is 3.99. The van der Waals surface area contributed by atoms with Gasteiger partial charge in [0.2, 0.25) is 5.91 Å². The van der Waals surface area contributed by atoms with Crippen molar-refractivity contribution in [1.82, 2.24) is 10.6 Å². The van der Waals surface area contributed by atoms with Crippen LogP contribution in [0.25, 0.3) is 0 Å². The third-order valence-corrected chi connectivity index (χ3v) is 6.27. The Hall–Kier alpha value is -0.910. The lowest BCUT2D eigenvalue weighted by atomic mass is 9.85. The Morgan fingerprint density at radius 2 is 2.15 bits per heavy atom. The van der Waals surface area contributed by atoms with Gasteiger partial charge in [0.1, 0.15) is 5.75 Å². The number of carbonyl (C=O) groups is 1. The zero-order valence-electron chi connectivity index (χ0n) is 16.1. The van der Waals surface area contributed by atoms with Gasteiger partial charge in [0.25, 0.3) is 0 Å². The highest BCUT2D eigenvalue weighted by atomic mass is 35.5. The molecular weight excluding hydrogens is 368 g/mol. The summed E-state index contributed by atoms with van der Waals surface area (Å²) in [5.74, 6) is 3.57. The van der Waals surface area contributed by atoms with E-state index in [1.54, 1.807) is 18.9 Å². The highest BCUT2D eigenvalue weighted by Crippen LogP contribution is 2.30. The summed E-state index contributed by atoms with van der Waals surface area (Å²) in [6.45, 7) is 7.29. The van der Waals surface area contributed by atoms with Gasteiger partial charge < -0.3 is 15.4 Å². The Bertz CT molecular complexity index is 538. The fourth-order valence-electron chi connectivity index (χ4n) is 3.21. The molecule has 2 rings (SSSR count). The maximum absolute atomic E-state index is 12.2. The summed E-state index contributed by atoms with van der Waals surface area (Å²) in [6, 6.07) is 8.07. The number of piperidine rings is 1. The molecule has 0 aliphatic carbocycles. The minimum absolute atomic E-state index is 0. The molecule has 1 aliphatic heterocycles. The van der Waals surface area contributed by atoms with Crippen LogP contribution in [0, 0.1) is 17.8 Å². The summed E-state index contributed by atoms with van der Waals surface area (Å²) in [7, 11) is 1.70. The number of amides is 1. The van der Waals surface area contributed by atoms with Crippen molar-refractivity contribution in [2.75, 3.05) is 32.5 Å². The molecule has 0 saturated carbocycles. The Kier molecular flexibility index (Phi) is 11.1. The van der Waals surface area contributed by atoms with Crippen LogP contribution in [0.15, 0.2) is 29.2 Å². The molecule has 0 aromatic heterocycles. The van der Waals surface area contributed by atoms with E-state index >= 15 is 0 Å². The van der Waals surface area contributed by atoms with E-state index in [1.807, 2.05) is 18.2 Å². The van der Waals surface area contributed by atoms with Crippen molar-refractivity contribution in [3.05, 3.63) is 24.3 Å². The van der Waals surface area contributed by atoms with Crippen LogP contribution >= 0.6 is 24.2 Å². The SMILES string of the molecule is COc1ccccc1SCC(C)CNC(=O)CC(C)C1CCCNC1.Cl. The van der Waals surface area contributed by atoms with E-state index < -0.39 is 0 Å². The molecule has 1 aromatic carbocycles. The van der Waals surface area contributed by atoms with Crippen LogP contribution in [0.1, 0.15) is 33.1 Å². The monoisotopic (exact) mass is 400 g/mol. The lowest BCUT2D eigenvalue weighted by Gasteiger charge is -2.28. The first-order chi connectivity index (χ1) is 12.1. The number of methoxy groups -OCH3 is 1. The molecule has 3 atom stereocenters. The summed E-state index contributed by atoms with van der Waals surface area (Å²) in [5, 5.41) is 6.55. The van der Waals surface area contributed by atoms with Crippen LogP contribution in [-0.2, 0) is 4.79 Å². The predicted molar refractivity (Wildman–Crippen MR) is 113 cm³/mol. The fourth-order valence-corrected chi connectivity index (χ4v) is 4.26. The molecule has 26 heavy (non-hydrogen) atoms. The number of hydrogen-bond acceptors (Lipinski definition) is 4.